The van der Waals surface area contributed by atoms with Crippen LogP contribution in [0.4, 0.5) is 0 Å². The summed E-state index contributed by atoms with van der Waals surface area (Å²) in [6, 6.07) is 0. The summed E-state index contributed by atoms with van der Waals surface area (Å²) in [5.74, 6) is 2.11. The Morgan fingerprint density at radius 2 is 1.71 bits per heavy atom. The van der Waals surface area contributed by atoms with E-state index in [1.165, 1.54) is 24.5 Å². The van der Waals surface area contributed by atoms with E-state index in [2.05, 4.69) is 13.8 Å². The number of hydrogen-bond acceptors (Lipinski definition) is 9. The maximum absolute atomic E-state index is 11.8. The minimum atomic E-state index is -3.17. The van der Waals surface area contributed by atoms with Crippen LogP contribution in [0.25, 0.3) is 4.91 Å². The van der Waals surface area contributed by atoms with E-state index in [0.29, 0.717) is 3.80 Å². The molecule has 3 rings (SSSR count). The molecule has 0 fully saturated rings. The van der Waals surface area contributed by atoms with Gasteiger partial charge in [-0.05, 0) is 0 Å². The van der Waals surface area contributed by atoms with Crippen LogP contribution < -0.4 is 4.19 Å². The Balaban J connectivity index is 1.85. The van der Waals surface area contributed by atoms with Crippen molar-refractivity contribution in [2.75, 3.05) is 11.5 Å². The van der Waals surface area contributed by atoms with Gasteiger partial charge in [-0.2, -0.15) is 0 Å². The van der Waals surface area contributed by atoms with Crippen molar-refractivity contribution < 1.29 is 8.02 Å². The first-order valence-corrected chi connectivity index (χ1v) is 16.0. The van der Waals surface area contributed by atoms with Gasteiger partial charge in [0.15, 0.2) is 0 Å². The van der Waals surface area contributed by atoms with Gasteiger partial charge >= 0.3 is 181 Å². The van der Waals surface area contributed by atoms with E-state index >= 15 is 0 Å². The van der Waals surface area contributed by atoms with Gasteiger partial charge in [-0.25, -0.2) is 0 Å². The molecular formula is C13H12O2S8Se. The Hall–Kier alpha value is 1.65. The molecule has 24 heavy (non-hydrogen) atoms. The first-order valence-electron chi connectivity index (χ1n) is 6.78. The topological polar surface area (TPSA) is 40.1 Å². The second kappa shape index (κ2) is 9.73. The predicted molar refractivity (Wildman–Crippen MR) is 121 cm³/mol. The molecule has 1 atom stereocenters. The van der Waals surface area contributed by atoms with Crippen LogP contribution in [0, 0.1) is 0 Å². The second-order valence-corrected chi connectivity index (χ2v) is 16.3. The first kappa shape index (κ1) is 20.4. The van der Waals surface area contributed by atoms with Gasteiger partial charge < -0.3 is 0 Å². The summed E-state index contributed by atoms with van der Waals surface area (Å²) in [5, 5.41) is 4.02. The zero-order valence-corrected chi connectivity index (χ0v) is 20.8. The molecule has 0 spiro atoms. The van der Waals surface area contributed by atoms with Gasteiger partial charge in [0.1, 0.15) is 0 Å². The standard InChI is InChI=1S/C13H12O2S8Se/c1-3-16-9-10(17-4-2)22-12(21-9)11-20-7(8-18-5-6-19-8)13(23-11)24(14)15/h5-6H,3-4H2,1-2H3. The van der Waals surface area contributed by atoms with Crippen LogP contribution in [0.5, 0.6) is 0 Å². The molecular weight excluding hydrogens is 524 g/mol. The van der Waals surface area contributed by atoms with E-state index in [1.54, 1.807) is 58.0 Å². The number of hydrogen-bond donors (Lipinski definition) is 0. The Morgan fingerprint density at radius 3 is 2.21 bits per heavy atom. The Bertz CT molecular complexity index is 717. The molecule has 0 saturated carbocycles. The Morgan fingerprint density at radius 1 is 1.08 bits per heavy atom. The fraction of sp³-hybridized carbons (Fsp3) is 0.308. The molecule has 0 aliphatic carbocycles. The monoisotopic (exact) mass is 536 g/mol. The molecule has 1 aromatic heterocycles. The van der Waals surface area contributed by atoms with Gasteiger partial charge in [-0.15, -0.1) is 0 Å². The van der Waals surface area contributed by atoms with Crippen molar-refractivity contribution in [3.8, 4) is 0 Å². The average Bonchev–Trinajstić information content (AvgIpc) is 3.26. The van der Waals surface area contributed by atoms with E-state index in [-0.39, 0.29) is 0 Å². The summed E-state index contributed by atoms with van der Waals surface area (Å²) in [5.41, 5.74) is 0. The van der Waals surface area contributed by atoms with Gasteiger partial charge in [0.05, 0.1) is 0 Å². The van der Waals surface area contributed by atoms with Crippen molar-refractivity contribution in [1.82, 2.24) is 0 Å². The van der Waals surface area contributed by atoms with Crippen LogP contribution in [0.3, 0.4) is 0 Å². The quantitative estimate of drug-likeness (QED) is 0.311. The third-order valence-electron chi connectivity index (χ3n) is 2.56. The van der Waals surface area contributed by atoms with Crippen LogP contribution in [0.1, 0.15) is 18.0 Å². The van der Waals surface area contributed by atoms with Crippen LogP contribution in [-0.4, -0.2) is 25.7 Å². The zero-order valence-electron chi connectivity index (χ0n) is 12.6. The van der Waals surface area contributed by atoms with E-state index in [9.17, 15) is 8.02 Å². The Kier molecular flexibility index (Phi) is 8.26. The molecule has 0 N–H and O–H groups in total. The molecule has 1 aromatic rings. The van der Waals surface area contributed by atoms with Crippen LogP contribution in [-0.2, 0) is 3.83 Å². The molecule has 3 heterocycles. The summed E-state index contributed by atoms with van der Waals surface area (Å²) in [6.07, 6.45) is 0. The van der Waals surface area contributed by atoms with Crippen LogP contribution in [0.15, 0.2) is 31.5 Å². The van der Waals surface area contributed by atoms with Gasteiger partial charge in [0.25, 0.3) is 0 Å². The summed E-state index contributed by atoms with van der Waals surface area (Å²) >= 11 is 10.5. The molecule has 2 aliphatic heterocycles. The van der Waals surface area contributed by atoms with Crippen molar-refractivity contribution in [2.45, 2.75) is 13.8 Å². The normalized spacial score (nSPS) is 19.8. The fourth-order valence-corrected chi connectivity index (χ4v) is 15.0. The molecule has 0 radical (unpaired) electrons. The molecule has 11 heteroatoms. The molecule has 1 unspecified atom stereocenters. The van der Waals surface area contributed by atoms with Gasteiger partial charge in [0, 0.05) is 0 Å². The van der Waals surface area contributed by atoms with Gasteiger partial charge in [-0.1, -0.05) is 0 Å². The second-order valence-electron chi connectivity index (χ2n) is 4.07. The van der Waals surface area contributed by atoms with E-state index in [1.807, 2.05) is 34.3 Å². The van der Waals surface area contributed by atoms with Crippen molar-refractivity contribution in [1.29, 1.82) is 0 Å². The molecule has 2 aliphatic rings. The van der Waals surface area contributed by atoms with Gasteiger partial charge in [0.2, 0.25) is 0 Å². The summed E-state index contributed by atoms with van der Waals surface area (Å²) in [6.45, 7) is 4.34. The Labute approximate surface area is 179 Å². The van der Waals surface area contributed by atoms with E-state index in [0.717, 1.165) is 24.8 Å². The molecule has 0 bridgehead atoms. The third kappa shape index (κ3) is 4.73. The maximum atomic E-state index is 11.8. The summed E-state index contributed by atoms with van der Waals surface area (Å²) < 4.78 is 30.3. The van der Waals surface area contributed by atoms with E-state index in [4.69, 9.17) is 0 Å². The van der Waals surface area contributed by atoms with E-state index < -0.39 is 14.2 Å². The van der Waals surface area contributed by atoms with Gasteiger partial charge in [-0.3, -0.25) is 0 Å². The molecule has 0 aromatic carbocycles. The molecule has 130 valence electrons. The van der Waals surface area contributed by atoms with Crippen molar-refractivity contribution in [3.63, 3.8) is 0 Å². The van der Waals surface area contributed by atoms with Crippen LogP contribution >= 0.6 is 93.2 Å². The SMILES string of the molecule is CCSC1=C(SCC)SC(=C2SC(c3scc[s+]3)=C([Se](=O)[O-])S2)S1. The fourth-order valence-electron chi connectivity index (χ4n) is 1.71. The molecule has 0 amide bonds. The minimum absolute atomic E-state index is 0.559. The first-order chi connectivity index (χ1) is 11.6. The summed E-state index contributed by atoms with van der Waals surface area (Å²) in [7, 11) is 0. The van der Waals surface area contributed by atoms with Crippen molar-refractivity contribution in [3.05, 3.63) is 35.7 Å². The average molecular weight is 536 g/mol. The van der Waals surface area contributed by atoms with Crippen LogP contribution in [0.2, 0.25) is 0 Å². The predicted octanol–water partition coefficient (Wildman–Crippen LogP) is 6.30. The van der Waals surface area contributed by atoms with Crippen molar-refractivity contribution in [2.24, 2.45) is 0 Å². The third-order valence-corrected chi connectivity index (χ3v) is 15.8. The summed E-state index contributed by atoms with van der Waals surface area (Å²) in [4.78, 5) is 0.931. The zero-order chi connectivity index (χ0) is 17.1. The van der Waals surface area contributed by atoms with Crippen molar-refractivity contribution >= 4 is 112 Å². The molecule has 0 saturated heterocycles. The molecule has 2 nitrogen and oxygen atoms in total. The number of thioether (sulfide) groups is 6. The number of rotatable bonds is 6.